The third kappa shape index (κ3) is 4.86. The van der Waals surface area contributed by atoms with Crippen LogP contribution < -0.4 is 10.1 Å². The Kier molecular flexibility index (Phi) is 6.72. The largest absolute Gasteiger partial charge is 0.494 e. The van der Waals surface area contributed by atoms with Gasteiger partial charge in [-0.2, -0.15) is 0 Å². The van der Waals surface area contributed by atoms with Gasteiger partial charge in [0.25, 0.3) is 0 Å². The number of thiophene rings is 1. The Morgan fingerprint density at radius 3 is 2.57 bits per heavy atom. The molecule has 1 atom stereocenters. The highest BCUT2D eigenvalue weighted by atomic mass is 32.1. The summed E-state index contributed by atoms with van der Waals surface area (Å²) >= 11 is 1.58. The van der Waals surface area contributed by atoms with E-state index in [1.54, 1.807) is 11.3 Å². The van der Waals surface area contributed by atoms with Crippen LogP contribution in [0.2, 0.25) is 0 Å². The van der Waals surface area contributed by atoms with Crippen LogP contribution in [0.1, 0.15) is 61.9 Å². The molecule has 160 valence electrons. The van der Waals surface area contributed by atoms with E-state index in [1.165, 1.54) is 0 Å². The summed E-state index contributed by atoms with van der Waals surface area (Å²) in [5.74, 6) is 0.611. The molecule has 30 heavy (non-hydrogen) atoms. The summed E-state index contributed by atoms with van der Waals surface area (Å²) in [4.78, 5) is 29.9. The van der Waals surface area contributed by atoms with Gasteiger partial charge in [-0.3, -0.25) is 9.59 Å². The summed E-state index contributed by atoms with van der Waals surface area (Å²) in [5, 5.41) is 5.22. The van der Waals surface area contributed by atoms with Crippen LogP contribution >= 0.6 is 11.3 Å². The lowest BCUT2D eigenvalue weighted by molar-refractivity contribution is -0.141. The molecule has 2 aliphatic rings. The maximum absolute atomic E-state index is 13.6. The fourth-order valence-corrected chi connectivity index (χ4v) is 5.02. The molecule has 6 heteroatoms. The van der Waals surface area contributed by atoms with Crippen LogP contribution in [0, 0.1) is 0 Å². The van der Waals surface area contributed by atoms with Crippen molar-refractivity contribution in [2.24, 2.45) is 0 Å². The van der Waals surface area contributed by atoms with Crippen molar-refractivity contribution in [1.82, 2.24) is 10.2 Å². The van der Waals surface area contributed by atoms with Crippen LogP contribution in [0.4, 0.5) is 0 Å². The standard InChI is InChI=1S/C24H30N2O3S/c1-2-29-21-12-6-5-11-20(21)23(24(28)25-17-8-3-4-9-17)26(18-13-14-18)22(27)16-19-10-7-15-30-19/h5-7,10-12,15,17-18,23H,2-4,8-9,13-14,16H2,1H3,(H,25,28). The fourth-order valence-electron chi connectivity index (χ4n) is 4.33. The fraction of sp³-hybridized carbons (Fsp3) is 0.500. The van der Waals surface area contributed by atoms with Crippen molar-refractivity contribution >= 4 is 23.2 Å². The first-order chi connectivity index (χ1) is 14.7. The Bertz CT molecular complexity index is 857. The molecule has 0 saturated heterocycles. The monoisotopic (exact) mass is 426 g/mol. The number of nitrogens with zero attached hydrogens (tertiary/aromatic N) is 1. The summed E-state index contributed by atoms with van der Waals surface area (Å²) in [5.41, 5.74) is 0.779. The second kappa shape index (κ2) is 9.65. The average Bonchev–Trinajstić information content (AvgIpc) is 3.19. The Morgan fingerprint density at radius 1 is 1.13 bits per heavy atom. The quantitative estimate of drug-likeness (QED) is 0.643. The molecule has 0 bridgehead atoms. The van der Waals surface area contributed by atoms with E-state index in [-0.39, 0.29) is 23.9 Å². The van der Waals surface area contributed by atoms with Gasteiger partial charge in [0.15, 0.2) is 0 Å². The molecule has 2 aromatic rings. The van der Waals surface area contributed by atoms with Crippen molar-refractivity contribution in [3.05, 3.63) is 52.2 Å². The number of benzene rings is 1. The van der Waals surface area contributed by atoms with E-state index in [9.17, 15) is 9.59 Å². The zero-order valence-corrected chi connectivity index (χ0v) is 18.3. The molecule has 2 fully saturated rings. The van der Waals surface area contributed by atoms with E-state index < -0.39 is 6.04 Å². The van der Waals surface area contributed by atoms with Crippen molar-refractivity contribution in [3.63, 3.8) is 0 Å². The molecule has 1 aromatic heterocycles. The van der Waals surface area contributed by atoms with E-state index in [0.29, 0.717) is 18.8 Å². The molecule has 5 nitrogen and oxygen atoms in total. The normalized spacial score (nSPS) is 17.5. The molecule has 1 unspecified atom stereocenters. The first kappa shape index (κ1) is 20.9. The lowest BCUT2D eigenvalue weighted by Crippen LogP contribution is -2.47. The number of carbonyl (C=O) groups excluding carboxylic acids is 2. The Labute approximate surface area is 182 Å². The predicted octanol–water partition coefficient (Wildman–Crippen LogP) is 4.48. The minimum Gasteiger partial charge on any atom is -0.494 e. The van der Waals surface area contributed by atoms with Crippen molar-refractivity contribution in [2.45, 2.75) is 70.0 Å². The minimum absolute atomic E-state index is 0.0119. The van der Waals surface area contributed by atoms with Gasteiger partial charge in [0, 0.05) is 22.5 Å². The molecular formula is C24H30N2O3S. The number of para-hydroxylation sites is 1. The molecule has 1 aromatic carbocycles. The molecule has 2 aliphatic carbocycles. The second-order valence-corrected chi connectivity index (χ2v) is 9.18. The van der Waals surface area contributed by atoms with Gasteiger partial charge in [0.1, 0.15) is 11.8 Å². The van der Waals surface area contributed by atoms with Crippen molar-refractivity contribution in [2.75, 3.05) is 6.61 Å². The lowest BCUT2D eigenvalue weighted by atomic mass is 10.0. The number of hydrogen-bond donors (Lipinski definition) is 1. The molecule has 4 rings (SSSR count). The van der Waals surface area contributed by atoms with Gasteiger partial charge in [0.05, 0.1) is 13.0 Å². The molecule has 2 amide bonds. The number of amides is 2. The highest BCUT2D eigenvalue weighted by Crippen LogP contribution is 2.39. The SMILES string of the molecule is CCOc1ccccc1C(C(=O)NC1CCCC1)N(C(=O)Cc1cccs1)C1CC1. The first-order valence-corrected chi connectivity index (χ1v) is 11.9. The first-order valence-electron chi connectivity index (χ1n) is 11.0. The van der Waals surface area contributed by atoms with Gasteiger partial charge < -0.3 is 15.0 Å². The smallest absolute Gasteiger partial charge is 0.247 e. The van der Waals surface area contributed by atoms with Crippen LogP contribution in [-0.4, -0.2) is 35.4 Å². The summed E-state index contributed by atoms with van der Waals surface area (Å²) < 4.78 is 5.86. The van der Waals surface area contributed by atoms with E-state index >= 15 is 0 Å². The van der Waals surface area contributed by atoms with E-state index in [1.807, 2.05) is 53.6 Å². The second-order valence-electron chi connectivity index (χ2n) is 8.15. The summed E-state index contributed by atoms with van der Waals surface area (Å²) in [6.45, 7) is 2.45. The third-order valence-corrected chi connectivity index (χ3v) is 6.75. The van der Waals surface area contributed by atoms with Crippen LogP contribution in [0.25, 0.3) is 0 Å². The van der Waals surface area contributed by atoms with Crippen LogP contribution in [0.3, 0.4) is 0 Å². The summed E-state index contributed by atoms with van der Waals surface area (Å²) in [6, 6.07) is 11.3. The van der Waals surface area contributed by atoms with Crippen LogP contribution in [0.15, 0.2) is 41.8 Å². The van der Waals surface area contributed by atoms with Gasteiger partial charge in [-0.05, 0) is 50.1 Å². The zero-order valence-electron chi connectivity index (χ0n) is 17.5. The third-order valence-electron chi connectivity index (χ3n) is 5.88. The maximum Gasteiger partial charge on any atom is 0.247 e. The number of nitrogens with one attached hydrogen (secondary N) is 1. The van der Waals surface area contributed by atoms with Gasteiger partial charge in [-0.25, -0.2) is 0 Å². The molecule has 0 radical (unpaired) electrons. The van der Waals surface area contributed by atoms with Crippen LogP contribution in [0.5, 0.6) is 5.75 Å². The molecule has 0 spiro atoms. The van der Waals surface area contributed by atoms with E-state index in [0.717, 1.165) is 49.0 Å². The van der Waals surface area contributed by atoms with Crippen molar-refractivity contribution in [1.29, 1.82) is 0 Å². The van der Waals surface area contributed by atoms with Gasteiger partial charge in [-0.1, -0.05) is 37.1 Å². The van der Waals surface area contributed by atoms with Crippen molar-refractivity contribution < 1.29 is 14.3 Å². The van der Waals surface area contributed by atoms with Gasteiger partial charge >= 0.3 is 0 Å². The minimum atomic E-state index is -0.659. The molecule has 1 N–H and O–H groups in total. The van der Waals surface area contributed by atoms with E-state index in [4.69, 9.17) is 4.74 Å². The molecule has 1 heterocycles. The highest BCUT2D eigenvalue weighted by Gasteiger charge is 2.42. The summed E-state index contributed by atoms with van der Waals surface area (Å²) in [6.07, 6.45) is 6.54. The lowest BCUT2D eigenvalue weighted by Gasteiger charge is -2.33. The van der Waals surface area contributed by atoms with Gasteiger partial charge in [0.2, 0.25) is 11.8 Å². The molecule has 2 saturated carbocycles. The van der Waals surface area contributed by atoms with E-state index in [2.05, 4.69) is 5.32 Å². The highest BCUT2D eigenvalue weighted by molar-refractivity contribution is 7.10. The number of rotatable bonds is 9. The van der Waals surface area contributed by atoms with Gasteiger partial charge in [-0.15, -0.1) is 11.3 Å². The Hall–Kier alpha value is -2.34. The topological polar surface area (TPSA) is 58.6 Å². The van der Waals surface area contributed by atoms with Crippen molar-refractivity contribution in [3.8, 4) is 5.75 Å². The molecular weight excluding hydrogens is 396 g/mol. The van der Waals surface area contributed by atoms with Crippen LogP contribution in [-0.2, 0) is 16.0 Å². The Balaban J connectivity index is 1.67. The maximum atomic E-state index is 13.6. The zero-order chi connectivity index (χ0) is 20.9. The average molecular weight is 427 g/mol. The predicted molar refractivity (Wildman–Crippen MR) is 119 cm³/mol. The number of ether oxygens (including phenoxy) is 1. The summed E-state index contributed by atoms with van der Waals surface area (Å²) in [7, 11) is 0. The number of hydrogen-bond acceptors (Lipinski definition) is 4. The Morgan fingerprint density at radius 2 is 1.90 bits per heavy atom. The number of carbonyl (C=O) groups is 2. The molecule has 0 aliphatic heterocycles.